The first-order chi connectivity index (χ1) is 11.0. The maximum atomic E-state index is 14.2. The fourth-order valence-electron chi connectivity index (χ4n) is 2.50. The number of rotatable bonds is 2. The number of aryl methyl sites for hydroxylation is 1. The van der Waals surface area contributed by atoms with Crippen molar-refractivity contribution in [2.75, 3.05) is 11.9 Å². The van der Waals surface area contributed by atoms with E-state index in [0.29, 0.717) is 24.1 Å². The van der Waals surface area contributed by atoms with E-state index in [2.05, 4.69) is 15.7 Å². The van der Waals surface area contributed by atoms with Crippen LogP contribution in [0.1, 0.15) is 32.0 Å². The predicted molar refractivity (Wildman–Crippen MR) is 78.3 cm³/mol. The first kappa shape index (κ1) is 14.7. The van der Waals surface area contributed by atoms with Crippen molar-refractivity contribution in [2.45, 2.75) is 6.42 Å². The number of fused-ring (bicyclic) bond motifs is 1. The molecule has 2 heterocycles. The van der Waals surface area contributed by atoms with Gasteiger partial charge in [0.15, 0.2) is 0 Å². The minimum Gasteiger partial charge on any atom is -0.352 e. The molecule has 0 saturated carbocycles. The number of nitrogens with zero attached hydrogens (tertiary/aromatic N) is 3. The van der Waals surface area contributed by atoms with E-state index in [9.17, 15) is 14.0 Å². The SMILES string of the molecule is Cn1ncc(C#N)c1C(=O)Nc1cc2c(cc1F)CCNC2=O. The summed E-state index contributed by atoms with van der Waals surface area (Å²) >= 11 is 0. The molecule has 2 N–H and O–H groups in total. The van der Waals surface area contributed by atoms with Crippen LogP contribution in [0.3, 0.4) is 0 Å². The van der Waals surface area contributed by atoms with Crippen LogP contribution in [0.2, 0.25) is 0 Å². The van der Waals surface area contributed by atoms with E-state index in [1.807, 2.05) is 6.07 Å². The van der Waals surface area contributed by atoms with Crippen LogP contribution < -0.4 is 10.6 Å². The van der Waals surface area contributed by atoms with Crippen LogP contribution in [0.15, 0.2) is 18.3 Å². The van der Waals surface area contributed by atoms with E-state index in [1.165, 1.54) is 30.1 Å². The van der Waals surface area contributed by atoms with Gasteiger partial charge in [0, 0.05) is 19.2 Å². The van der Waals surface area contributed by atoms with Crippen LogP contribution in [0, 0.1) is 17.1 Å². The average molecular weight is 313 g/mol. The molecule has 0 fully saturated rings. The molecular formula is C15H12FN5O2. The van der Waals surface area contributed by atoms with Gasteiger partial charge in [0.05, 0.1) is 11.9 Å². The second-order valence-corrected chi connectivity index (χ2v) is 5.09. The fraction of sp³-hybridized carbons (Fsp3) is 0.200. The topological polar surface area (TPSA) is 99.8 Å². The summed E-state index contributed by atoms with van der Waals surface area (Å²) in [6.07, 6.45) is 1.79. The molecule has 3 rings (SSSR count). The van der Waals surface area contributed by atoms with Gasteiger partial charge < -0.3 is 10.6 Å². The number of nitriles is 1. The third-order valence-electron chi connectivity index (χ3n) is 3.64. The van der Waals surface area contributed by atoms with E-state index in [0.717, 1.165) is 0 Å². The Balaban J connectivity index is 1.96. The molecule has 23 heavy (non-hydrogen) atoms. The highest BCUT2D eigenvalue weighted by Crippen LogP contribution is 2.23. The number of hydrogen-bond acceptors (Lipinski definition) is 4. The van der Waals surface area contributed by atoms with Crippen molar-refractivity contribution < 1.29 is 14.0 Å². The van der Waals surface area contributed by atoms with Gasteiger partial charge in [-0.3, -0.25) is 14.3 Å². The lowest BCUT2D eigenvalue weighted by Crippen LogP contribution is -2.32. The lowest BCUT2D eigenvalue weighted by molar-refractivity contribution is 0.0944. The Morgan fingerprint density at radius 3 is 3.04 bits per heavy atom. The smallest absolute Gasteiger partial charge is 0.275 e. The number of anilines is 1. The van der Waals surface area contributed by atoms with Crippen molar-refractivity contribution in [3.63, 3.8) is 0 Å². The molecule has 116 valence electrons. The Kier molecular flexibility index (Phi) is 3.54. The van der Waals surface area contributed by atoms with Gasteiger partial charge in [-0.1, -0.05) is 0 Å². The Morgan fingerprint density at radius 1 is 1.52 bits per heavy atom. The Bertz CT molecular complexity index is 865. The molecule has 7 nitrogen and oxygen atoms in total. The molecule has 1 aromatic carbocycles. The van der Waals surface area contributed by atoms with Crippen LogP contribution in [-0.2, 0) is 13.5 Å². The van der Waals surface area contributed by atoms with E-state index < -0.39 is 11.7 Å². The summed E-state index contributed by atoms with van der Waals surface area (Å²) in [4.78, 5) is 24.1. The van der Waals surface area contributed by atoms with Gasteiger partial charge in [-0.25, -0.2) is 4.39 Å². The summed E-state index contributed by atoms with van der Waals surface area (Å²) in [5.41, 5.74) is 0.923. The maximum absolute atomic E-state index is 14.2. The number of hydrogen-bond donors (Lipinski definition) is 2. The van der Waals surface area contributed by atoms with Crippen LogP contribution in [0.4, 0.5) is 10.1 Å². The molecule has 0 unspecified atom stereocenters. The zero-order valence-corrected chi connectivity index (χ0v) is 12.2. The fourth-order valence-corrected chi connectivity index (χ4v) is 2.50. The van der Waals surface area contributed by atoms with Crippen LogP contribution in [0.5, 0.6) is 0 Å². The standard InChI is InChI=1S/C15H12FN5O2/c1-21-13(9(6-17)7-19-21)15(23)20-12-5-10-8(4-11(12)16)2-3-18-14(10)22/h4-5,7H,2-3H2,1H3,(H,18,22)(H,20,23). The molecule has 0 bridgehead atoms. The van der Waals surface area contributed by atoms with Crippen LogP contribution in [0.25, 0.3) is 0 Å². The molecule has 8 heteroatoms. The lowest BCUT2D eigenvalue weighted by atomic mass is 9.99. The Hall–Kier alpha value is -3.21. The van der Waals surface area contributed by atoms with Gasteiger partial charge >= 0.3 is 0 Å². The Morgan fingerprint density at radius 2 is 2.30 bits per heavy atom. The number of halogens is 1. The van der Waals surface area contributed by atoms with E-state index in [1.54, 1.807) is 0 Å². The predicted octanol–water partition coefficient (Wildman–Crippen LogP) is 0.969. The molecule has 0 atom stereocenters. The summed E-state index contributed by atoms with van der Waals surface area (Å²) in [5.74, 6) is -1.61. The van der Waals surface area contributed by atoms with Gasteiger partial charge in [0.25, 0.3) is 11.8 Å². The minimum atomic E-state index is -0.670. The van der Waals surface area contributed by atoms with Crippen molar-refractivity contribution in [3.05, 3.63) is 46.5 Å². The first-order valence-corrected chi connectivity index (χ1v) is 6.85. The maximum Gasteiger partial charge on any atom is 0.275 e. The summed E-state index contributed by atoms with van der Waals surface area (Å²) in [6, 6.07) is 4.41. The highest BCUT2D eigenvalue weighted by atomic mass is 19.1. The van der Waals surface area contributed by atoms with E-state index in [4.69, 9.17) is 5.26 Å². The molecule has 0 radical (unpaired) electrons. The molecule has 2 aromatic rings. The number of carbonyl (C=O) groups is 2. The van der Waals surface area contributed by atoms with Gasteiger partial charge in [0.1, 0.15) is 23.1 Å². The molecule has 1 aliphatic heterocycles. The minimum absolute atomic E-state index is 0.0223. The molecule has 0 saturated heterocycles. The molecule has 0 spiro atoms. The first-order valence-electron chi connectivity index (χ1n) is 6.85. The second kappa shape index (κ2) is 5.53. The molecule has 2 amide bonds. The Labute approximate surface area is 130 Å². The number of amides is 2. The molecule has 1 aliphatic rings. The molecule has 1 aromatic heterocycles. The highest BCUT2D eigenvalue weighted by Gasteiger charge is 2.22. The number of aromatic nitrogens is 2. The lowest BCUT2D eigenvalue weighted by Gasteiger charge is -2.18. The summed E-state index contributed by atoms with van der Waals surface area (Å²) in [6.45, 7) is 0.456. The zero-order valence-electron chi connectivity index (χ0n) is 12.2. The van der Waals surface area contributed by atoms with Crippen LogP contribution >= 0.6 is 0 Å². The van der Waals surface area contributed by atoms with Gasteiger partial charge in [0.2, 0.25) is 0 Å². The number of nitrogens with one attached hydrogen (secondary N) is 2. The van der Waals surface area contributed by atoms with Crippen molar-refractivity contribution in [3.8, 4) is 6.07 Å². The number of benzene rings is 1. The van der Waals surface area contributed by atoms with Gasteiger partial charge in [-0.05, 0) is 24.1 Å². The highest BCUT2D eigenvalue weighted by molar-refractivity contribution is 6.06. The summed E-state index contributed by atoms with van der Waals surface area (Å²) in [7, 11) is 1.51. The third kappa shape index (κ3) is 2.53. The zero-order chi connectivity index (χ0) is 16.6. The second-order valence-electron chi connectivity index (χ2n) is 5.09. The normalized spacial score (nSPS) is 13.0. The summed E-state index contributed by atoms with van der Waals surface area (Å²) in [5, 5.41) is 17.9. The van der Waals surface area contributed by atoms with Crippen molar-refractivity contribution >= 4 is 17.5 Å². The van der Waals surface area contributed by atoms with E-state index >= 15 is 0 Å². The van der Waals surface area contributed by atoms with Crippen LogP contribution in [-0.4, -0.2) is 28.1 Å². The van der Waals surface area contributed by atoms with Crippen molar-refractivity contribution in [1.82, 2.24) is 15.1 Å². The van der Waals surface area contributed by atoms with E-state index in [-0.39, 0.29) is 22.9 Å². The number of carbonyl (C=O) groups excluding carboxylic acids is 2. The largest absolute Gasteiger partial charge is 0.352 e. The van der Waals surface area contributed by atoms with Crippen molar-refractivity contribution in [2.24, 2.45) is 7.05 Å². The average Bonchev–Trinajstić information content (AvgIpc) is 2.90. The molecule has 0 aliphatic carbocycles. The quantitative estimate of drug-likeness (QED) is 0.862. The summed E-state index contributed by atoms with van der Waals surface area (Å²) < 4.78 is 15.4. The van der Waals surface area contributed by atoms with Gasteiger partial charge in [-0.15, -0.1) is 0 Å². The monoisotopic (exact) mass is 313 g/mol. The van der Waals surface area contributed by atoms with Crippen molar-refractivity contribution in [1.29, 1.82) is 5.26 Å². The third-order valence-corrected chi connectivity index (χ3v) is 3.64. The van der Waals surface area contributed by atoms with Gasteiger partial charge in [-0.2, -0.15) is 10.4 Å². The molecular weight excluding hydrogens is 301 g/mol.